The molecule has 23 heavy (non-hydrogen) atoms. The number of unbranched alkanes of at least 4 members (excludes halogenated alkanes) is 2. The van der Waals surface area contributed by atoms with E-state index in [2.05, 4.69) is 38.8 Å². The van der Waals surface area contributed by atoms with Crippen molar-refractivity contribution in [1.82, 2.24) is 4.98 Å². The number of aryl methyl sites for hydroxylation is 1. The summed E-state index contributed by atoms with van der Waals surface area (Å²) in [6, 6.07) is 1.81. The van der Waals surface area contributed by atoms with Crippen LogP contribution in [-0.2, 0) is 6.42 Å². The lowest BCUT2D eigenvalue weighted by molar-refractivity contribution is 0.00319. The van der Waals surface area contributed by atoms with Gasteiger partial charge < -0.3 is 9.72 Å². The summed E-state index contributed by atoms with van der Waals surface area (Å²) in [5.41, 5.74) is 3.20. The average molecular weight is 315 g/mol. The molecule has 1 aliphatic carbocycles. The van der Waals surface area contributed by atoms with Gasteiger partial charge in [0.05, 0.1) is 5.56 Å². The maximum Gasteiger partial charge on any atom is 0.199 e. The first-order chi connectivity index (χ1) is 10.9. The van der Waals surface area contributed by atoms with Gasteiger partial charge in [-0.3, -0.25) is 4.79 Å². The summed E-state index contributed by atoms with van der Waals surface area (Å²) < 4.78 is 6.27. The summed E-state index contributed by atoms with van der Waals surface area (Å²) in [6.45, 7) is 8.68. The van der Waals surface area contributed by atoms with Gasteiger partial charge in [-0.15, -0.1) is 0 Å². The number of aromatic nitrogens is 1. The fourth-order valence-corrected chi connectivity index (χ4v) is 4.20. The molecule has 1 N–H and O–H groups in total. The Bertz CT molecular complexity index is 669. The van der Waals surface area contributed by atoms with Crippen LogP contribution in [0.2, 0.25) is 0 Å². The largest absolute Gasteiger partial charge is 0.472 e. The van der Waals surface area contributed by atoms with Gasteiger partial charge in [0, 0.05) is 23.6 Å². The summed E-state index contributed by atoms with van der Waals surface area (Å²) in [7, 11) is 0. The molecule has 3 nitrogen and oxygen atoms in total. The molecular formula is C20H29NO2. The van der Waals surface area contributed by atoms with E-state index in [1.54, 1.807) is 6.07 Å². The zero-order valence-corrected chi connectivity index (χ0v) is 14.9. The van der Waals surface area contributed by atoms with Crippen molar-refractivity contribution in [2.75, 3.05) is 0 Å². The molecular weight excluding hydrogens is 286 g/mol. The minimum absolute atomic E-state index is 0.158. The lowest BCUT2D eigenvalue weighted by Gasteiger charge is -2.46. The molecule has 2 unspecified atom stereocenters. The van der Waals surface area contributed by atoms with Crippen molar-refractivity contribution in [3.63, 3.8) is 0 Å². The number of hydrogen-bond acceptors (Lipinski definition) is 2. The summed E-state index contributed by atoms with van der Waals surface area (Å²) in [4.78, 5) is 16.2. The minimum atomic E-state index is -0.236. The van der Waals surface area contributed by atoms with Crippen molar-refractivity contribution in [2.24, 2.45) is 5.92 Å². The smallest absolute Gasteiger partial charge is 0.199 e. The number of ether oxygens (including phenoxy) is 1. The molecule has 0 saturated carbocycles. The van der Waals surface area contributed by atoms with Crippen LogP contribution in [0.5, 0.6) is 5.88 Å². The Hall–Kier alpha value is -1.51. The Balaban J connectivity index is 1.98. The summed E-state index contributed by atoms with van der Waals surface area (Å²) >= 11 is 0. The molecule has 1 aliphatic heterocycles. The van der Waals surface area contributed by atoms with Gasteiger partial charge in [-0.2, -0.15) is 0 Å². The molecule has 0 bridgehead atoms. The van der Waals surface area contributed by atoms with Crippen LogP contribution in [-0.4, -0.2) is 10.6 Å². The average Bonchev–Trinajstić information content (AvgIpc) is 2.46. The third-order valence-corrected chi connectivity index (χ3v) is 5.52. The number of H-pyrrole nitrogens is 1. The van der Waals surface area contributed by atoms with Gasteiger partial charge in [0.1, 0.15) is 5.60 Å². The lowest BCUT2D eigenvalue weighted by atomic mass is 9.68. The SMILES string of the molecule is CCCCCc1cc(=O)c2c([nH]1)OC(C)(C)C1CC=C(C)CC21. The van der Waals surface area contributed by atoms with E-state index in [1.165, 1.54) is 18.4 Å². The first-order valence-corrected chi connectivity index (χ1v) is 9.03. The number of pyridine rings is 1. The lowest BCUT2D eigenvalue weighted by Crippen LogP contribution is -2.47. The van der Waals surface area contributed by atoms with Crippen molar-refractivity contribution >= 4 is 0 Å². The predicted octanol–water partition coefficient (Wildman–Crippen LogP) is 4.72. The molecule has 0 amide bonds. The molecule has 1 aromatic heterocycles. The van der Waals surface area contributed by atoms with Crippen molar-refractivity contribution < 1.29 is 4.74 Å². The molecule has 0 radical (unpaired) electrons. The Kier molecular flexibility index (Phi) is 4.39. The topological polar surface area (TPSA) is 42.1 Å². The fraction of sp³-hybridized carbons (Fsp3) is 0.650. The molecule has 0 spiro atoms. The van der Waals surface area contributed by atoms with Gasteiger partial charge in [-0.1, -0.05) is 31.4 Å². The number of allylic oxidation sites excluding steroid dienone is 2. The van der Waals surface area contributed by atoms with Crippen LogP contribution in [0, 0.1) is 5.92 Å². The minimum Gasteiger partial charge on any atom is -0.472 e. The monoisotopic (exact) mass is 315 g/mol. The van der Waals surface area contributed by atoms with Gasteiger partial charge in [-0.05, 0) is 46.5 Å². The Morgan fingerprint density at radius 1 is 1.35 bits per heavy atom. The molecule has 3 heteroatoms. The quantitative estimate of drug-likeness (QED) is 0.645. The molecule has 0 saturated heterocycles. The third-order valence-electron chi connectivity index (χ3n) is 5.52. The zero-order valence-electron chi connectivity index (χ0n) is 14.9. The molecule has 1 aromatic rings. The van der Waals surface area contributed by atoms with Crippen molar-refractivity contribution in [3.05, 3.63) is 39.2 Å². The van der Waals surface area contributed by atoms with Crippen molar-refractivity contribution in [2.45, 2.75) is 77.7 Å². The highest BCUT2D eigenvalue weighted by Crippen LogP contribution is 2.49. The number of aromatic amines is 1. The second kappa shape index (κ2) is 6.18. The van der Waals surface area contributed by atoms with Gasteiger partial charge >= 0.3 is 0 Å². The molecule has 2 aliphatic rings. The van der Waals surface area contributed by atoms with Gasteiger partial charge in [0.25, 0.3) is 0 Å². The Labute approximate surface area is 139 Å². The maximum atomic E-state index is 12.8. The van der Waals surface area contributed by atoms with Crippen molar-refractivity contribution in [1.29, 1.82) is 0 Å². The van der Waals surface area contributed by atoms with Gasteiger partial charge in [0.2, 0.25) is 0 Å². The Morgan fingerprint density at radius 3 is 2.87 bits per heavy atom. The van der Waals surface area contributed by atoms with E-state index in [0.29, 0.717) is 5.92 Å². The highest BCUT2D eigenvalue weighted by molar-refractivity contribution is 5.38. The van der Waals surface area contributed by atoms with Crippen LogP contribution in [0.4, 0.5) is 0 Å². The molecule has 3 rings (SSSR count). The molecule has 126 valence electrons. The van der Waals surface area contributed by atoms with E-state index in [0.717, 1.165) is 42.8 Å². The number of nitrogens with one attached hydrogen (secondary N) is 1. The maximum absolute atomic E-state index is 12.8. The van der Waals surface area contributed by atoms with Crippen LogP contribution < -0.4 is 10.2 Å². The summed E-state index contributed by atoms with van der Waals surface area (Å²) in [6.07, 6.45) is 8.71. The normalized spacial score (nSPS) is 25.1. The summed E-state index contributed by atoms with van der Waals surface area (Å²) in [5, 5.41) is 0. The van der Waals surface area contributed by atoms with E-state index in [1.807, 2.05) is 0 Å². The Morgan fingerprint density at radius 2 is 2.13 bits per heavy atom. The predicted molar refractivity (Wildman–Crippen MR) is 94.2 cm³/mol. The number of rotatable bonds is 4. The van der Waals surface area contributed by atoms with E-state index >= 15 is 0 Å². The van der Waals surface area contributed by atoms with Crippen LogP contribution in [0.3, 0.4) is 0 Å². The van der Waals surface area contributed by atoms with E-state index in [4.69, 9.17) is 4.74 Å². The van der Waals surface area contributed by atoms with E-state index < -0.39 is 0 Å². The highest BCUT2D eigenvalue weighted by Gasteiger charge is 2.45. The highest BCUT2D eigenvalue weighted by atomic mass is 16.5. The fourth-order valence-electron chi connectivity index (χ4n) is 4.20. The number of hydrogen-bond donors (Lipinski definition) is 1. The second-order valence-corrected chi connectivity index (χ2v) is 7.77. The van der Waals surface area contributed by atoms with Crippen LogP contribution in [0.25, 0.3) is 0 Å². The molecule has 2 atom stereocenters. The molecule has 0 fully saturated rings. The van der Waals surface area contributed by atoms with Gasteiger partial charge in [-0.25, -0.2) is 0 Å². The molecule has 0 aromatic carbocycles. The zero-order chi connectivity index (χ0) is 16.6. The van der Waals surface area contributed by atoms with Crippen LogP contribution >= 0.6 is 0 Å². The molecule has 2 heterocycles. The standard InChI is InChI=1S/C20H29NO2/c1-5-6-7-8-14-12-17(22)18-15-11-13(2)9-10-16(15)20(3,4)23-19(18)21-14/h9,12,15-16H,5-8,10-11H2,1-4H3,(H,21,22). The third kappa shape index (κ3) is 3.11. The van der Waals surface area contributed by atoms with Gasteiger partial charge in [0.15, 0.2) is 11.3 Å². The van der Waals surface area contributed by atoms with Crippen molar-refractivity contribution in [3.8, 4) is 5.88 Å². The first kappa shape index (κ1) is 16.4. The first-order valence-electron chi connectivity index (χ1n) is 9.03. The van der Waals surface area contributed by atoms with E-state index in [-0.39, 0.29) is 16.9 Å². The van der Waals surface area contributed by atoms with Crippen LogP contribution in [0.1, 0.15) is 77.0 Å². The van der Waals surface area contributed by atoms with E-state index in [9.17, 15) is 4.79 Å². The second-order valence-electron chi connectivity index (χ2n) is 7.77. The summed E-state index contributed by atoms with van der Waals surface area (Å²) in [5.74, 6) is 1.39. The number of fused-ring (bicyclic) bond motifs is 3. The van der Waals surface area contributed by atoms with Crippen LogP contribution in [0.15, 0.2) is 22.5 Å².